The van der Waals surface area contributed by atoms with Gasteiger partial charge < -0.3 is 21.3 Å². The van der Waals surface area contributed by atoms with Crippen molar-refractivity contribution in [1.29, 1.82) is 0 Å². The number of halogens is 1. The minimum atomic E-state index is -0.471. The SMILES string of the molecule is CCc1cc(C(=O)N[C@@H](CC(C)C)[C@@H](N)C[C@@H](C)C(=O)Nc2ccc(F)cc2)cc(C(=O)N(CC)CC)c1. The lowest BCUT2D eigenvalue weighted by molar-refractivity contribution is -0.119. The van der Waals surface area contributed by atoms with Crippen LogP contribution in [0.25, 0.3) is 0 Å². The van der Waals surface area contributed by atoms with E-state index < -0.39 is 12.0 Å². The van der Waals surface area contributed by atoms with Crippen molar-refractivity contribution in [2.45, 2.75) is 72.9 Å². The molecule has 208 valence electrons. The molecule has 0 radical (unpaired) electrons. The van der Waals surface area contributed by atoms with Gasteiger partial charge in [0, 0.05) is 47.9 Å². The number of carbonyl (C=O) groups excluding carboxylic acids is 3. The highest BCUT2D eigenvalue weighted by Gasteiger charge is 2.26. The van der Waals surface area contributed by atoms with Gasteiger partial charge in [-0.05, 0) is 87.1 Å². The van der Waals surface area contributed by atoms with Gasteiger partial charge in [-0.15, -0.1) is 0 Å². The van der Waals surface area contributed by atoms with Gasteiger partial charge in [0.05, 0.1) is 0 Å². The summed E-state index contributed by atoms with van der Waals surface area (Å²) in [6.07, 6.45) is 1.68. The molecule has 0 aliphatic carbocycles. The Hall–Kier alpha value is -3.26. The fourth-order valence-electron chi connectivity index (χ4n) is 4.42. The van der Waals surface area contributed by atoms with Crippen LogP contribution in [0.4, 0.5) is 10.1 Å². The van der Waals surface area contributed by atoms with E-state index in [4.69, 9.17) is 5.73 Å². The molecule has 4 N–H and O–H groups in total. The Morgan fingerprint density at radius 2 is 1.53 bits per heavy atom. The molecule has 2 rings (SSSR count). The Labute approximate surface area is 226 Å². The molecule has 0 bridgehead atoms. The van der Waals surface area contributed by atoms with Gasteiger partial charge in [-0.2, -0.15) is 0 Å². The van der Waals surface area contributed by atoms with Crippen molar-refractivity contribution in [3.05, 3.63) is 65.0 Å². The predicted octanol–water partition coefficient (Wildman–Crippen LogP) is 5.01. The number of hydrogen-bond acceptors (Lipinski definition) is 4. The van der Waals surface area contributed by atoms with Crippen LogP contribution in [-0.2, 0) is 11.2 Å². The molecule has 38 heavy (non-hydrogen) atoms. The number of nitrogens with two attached hydrogens (primary N) is 1. The highest BCUT2D eigenvalue weighted by molar-refractivity contribution is 6.00. The largest absolute Gasteiger partial charge is 0.348 e. The van der Waals surface area contributed by atoms with Gasteiger partial charge in [0.25, 0.3) is 11.8 Å². The van der Waals surface area contributed by atoms with Crippen molar-refractivity contribution in [1.82, 2.24) is 10.2 Å². The van der Waals surface area contributed by atoms with Crippen molar-refractivity contribution in [3.8, 4) is 0 Å². The summed E-state index contributed by atoms with van der Waals surface area (Å²) in [5, 5.41) is 5.86. The third-order valence-electron chi connectivity index (χ3n) is 6.70. The summed E-state index contributed by atoms with van der Waals surface area (Å²) in [7, 11) is 0. The maximum absolute atomic E-state index is 13.4. The Morgan fingerprint density at radius 3 is 2.08 bits per heavy atom. The molecule has 0 spiro atoms. The Kier molecular flexibility index (Phi) is 11.9. The smallest absolute Gasteiger partial charge is 0.253 e. The van der Waals surface area contributed by atoms with Crippen LogP contribution >= 0.6 is 0 Å². The topological polar surface area (TPSA) is 105 Å². The van der Waals surface area contributed by atoms with Crippen molar-refractivity contribution in [3.63, 3.8) is 0 Å². The van der Waals surface area contributed by atoms with Crippen LogP contribution < -0.4 is 16.4 Å². The first kappa shape index (κ1) is 31.0. The van der Waals surface area contributed by atoms with Gasteiger partial charge in [-0.3, -0.25) is 14.4 Å². The molecule has 0 fully saturated rings. The molecule has 0 saturated carbocycles. The number of nitrogens with zero attached hydrogens (tertiary/aromatic N) is 1. The number of rotatable bonds is 13. The number of carbonyl (C=O) groups is 3. The molecule has 3 atom stereocenters. The third-order valence-corrected chi connectivity index (χ3v) is 6.70. The van der Waals surface area contributed by atoms with E-state index >= 15 is 0 Å². The van der Waals surface area contributed by atoms with Crippen LogP contribution in [0.2, 0.25) is 0 Å². The minimum Gasteiger partial charge on any atom is -0.348 e. The molecular weight excluding hydrogens is 483 g/mol. The second kappa shape index (κ2) is 14.6. The average Bonchev–Trinajstić information content (AvgIpc) is 2.89. The van der Waals surface area contributed by atoms with E-state index in [1.807, 2.05) is 32.9 Å². The number of benzene rings is 2. The van der Waals surface area contributed by atoms with Crippen LogP contribution in [0.5, 0.6) is 0 Å². The summed E-state index contributed by atoms with van der Waals surface area (Å²) in [6, 6.07) is 10.0. The fourth-order valence-corrected chi connectivity index (χ4v) is 4.42. The monoisotopic (exact) mass is 526 g/mol. The Balaban J connectivity index is 2.17. The lowest BCUT2D eigenvalue weighted by atomic mass is 9.90. The van der Waals surface area contributed by atoms with E-state index in [1.165, 1.54) is 24.3 Å². The highest BCUT2D eigenvalue weighted by atomic mass is 19.1. The summed E-state index contributed by atoms with van der Waals surface area (Å²) < 4.78 is 13.2. The second-order valence-electron chi connectivity index (χ2n) is 10.3. The van der Waals surface area contributed by atoms with E-state index in [0.717, 1.165) is 5.56 Å². The van der Waals surface area contributed by atoms with Crippen molar-refractivity contribution >= 4 is 23.4 Å². The standard InChI is InChI=1S/C30H43FN4O3/c1-7-21-16-22(18-23(17-21)30(38)35(8-2)9-3)29(37)34-27(14-19(4)5)26(32)15-20(6)28(36)33-25-12-10-24(31)11-13-25/h10-13,16-20,26-27H,7-9,14-15,32H2,1-6H3,(H,33,36)(H,34,37)/t20-,26+,27+/m1/s1. The molecule has 0 aromatic heterocycles. The molecule has 0 aliphatic rings. The lowest BCUT2D eigenvalue weighted by Crippen LogP contribution is -2.49. The van der Waals surface area contributed by atoms with Gasteiger partial charge >= 0.3 is 0 Å². The average molecular weight is 527 g/mol. The number of anilines is 1. The molecular formula is C30H43FN4O3. The van der Waals surface area contributed by atoms with Crippen molar-refractivity contribution in [2.24, 2.45) is 17.6 Å². The van der Waals surface area contributed by atoms with Gasteiger partial charge in [0.1, 0.15) is 5.82 Å². The maximum Gasteiger partial charge on any atom is 0.253 e. The summed E-state index contributed by atoms with van der Waals surface area (Å²) in [5.41, 5.74) is 8.88. The fraction of sp³-hybridized carbons (Fsp3) is 0.500. The zero-order valence-corrected chi connectivity index (χ0v) is 23.5. The van der Waals surface area contributed by atoms with Crippen LogP contribution in [0.3, 0.4) is 0 Å². The molecule has 2 aromatic rings. The van der Waals surface area contributed by atoms with Crippen molar-refractivity contribution < 1.29 is 18.8 Å². The summed E-state index contributed by atoms with van der Waals surface area (Å²) in [5.74, 6) is -1.16. The summed E-state index contributed by atoms with van der Waals surface area (Å²) in [4.78, 5) is 40.8. The van der Waals surface area contributed by atoms with E-state index in [9.17, 15) is 18.8 Å². The van der Waals surface area contributed by atoms with Crippen LogP contribution in [0.15, 0.2) is 42.5 Å². The van der Waals surface area contributed by atoms with Crippen LogP contribution in [0.1, 0.15) is 80.7 Å². The number of amides is 3. The Morgan fingerprint density at radius 1 is 0.921 bits per heavy atom. The quantitative estimate of drug-likeness (QED) is 0.341. The third kappa shape index (κ3) is 8.94. The number of aryl methyl sites for hydroxylation is 1. The maximum atomic E-state index is 13.4. The molecule has 7 nitrogen and oxygen atoms in total. The molecule has 0 saturated heterocycles. The van der Waals surface area contributed by atoms with Crippen molar-refractivity contribution in [2.75, 3.05) is 18.4 Å². The second-order valence-corrected chi connectivity index (χ2v) is 10.3. The molecule has 8 heteroatoms. The number of hydrogen-bond donors (Lipinski definition) is 3. The minimum absolute atomic E-state index is 0.101. The first-order chi connectivity index (χ1) is 18.0. The summed E-state index contributed by atoms with van der Waals surface area (Å²) >= 11 is 0. The molecule has 3 amide bonds. The normalized spacial score (nSPS) is 13.5. The zero-order chi connectivity index (χ0) is 28.4. The van der Waals surface area contributed by atoms with E-state index in [-0.39, 0.29) is 35.5 Å². The summed E-state index contributed by atoms with van der Waals surface area (Å²) in [6.45, 7) is 12.9. The van der Waals surface area contributed by atoms with Crippen LogP contribution in [0, 0.1) is 17.7 Å². The van der Waals surface area contributed by atoms with E-state index in [0.29, 0.717) is 49.2 Å². The van der Waals surface area contributed by atoms with Gasteiger partial charge in [-0.25, -0.2) is 4.39 Å². The van der Waals surface area contributed by atoms with Gasteiger partial charge in [0.2, 0.25) is 5.91 Å². The van der Waals surface area contributed by atoms with Crippen LogP contribution in [-0.4, -0.2) is 47.8 Å². The van der Waals surface area contributed by atoms with Gasteiger partial charge in [0.15, 0.2) is 0 Å². The first-order valence-corrected chi connectivity index (χ1v) is 13.5. The highest BCUT2D eigenvalue weighted by Crippen LogP contribution is 2.19. The lowest BCUT2D eigenvalue weighted by Gasteiger charge is -2.28. The van der Waals surface area contributed by atoms with Gasteiger partial charge in [-0.1, -0.05) is 27.7 Å². The molecule has 0 aliphatic heterocycles. The Bertz CT molecular complexity index is 1080. The predicted molar refractivity (Wildman–Crippen MR) is 151 cm³/mol. The molecule has 0 heterocycles. The zero-order valence-electron chi connectivity index (χ0n) is 23.5. The number of nitrogens with one attached hydrogen (secondary N) is 2. The molecule has 2 aromatic carbocycles. The van der Waals surface area contributed by atoms with E-state index in [2.05, 4.69) is 24.5 Å². The first-order valence-electron chi connectivity index (χ1n) is 13.5. The van der Waals surface area contributed by atoms with E-state index in [1.54, 1.807) is 17.9 Å². The molecule has 0 unspecified atom stereocenters.